The fourth-order valence-corrected chi connectivity index (χ4v) is 1.21. The zero-order valence-corrected chi connectivity index (χ0v) is 10.4. The Bertz CT molecular complexity index is 509. The largest absolute Gasteiger partial charge is 0.497 e. The predicted octanol–water partition coefficient (Wildman–Crippen LogP) is 2.03. The van der Waals surface area contributed by atoms with Gasteiger partial charge in [-0.2, -0.15) is 5.26 Å². The van der Waals surface area contributed by atoms with Gasteiger partial charge in [0.1, 0.15) is 25.1 Å². The Labute approximate surface area is 110 Å². The molecule has 19 heavy (non-hydrogen) atoms. The van der Waals surface area contributed by atoms with Gasteiger partial charge in [0, 0.05) is 18.0 Å². The first-order valence-electron chi connectivity index (χ1n) is 5.45. The molecule has 0 saturated heterocycles. The van der Waals surface area contributed by atoms with E-state index in [9.17, 15) is 9.18 Å². The first-order chi connectivity index (χ1) is 9.21. The van der Waals surface area contributed by atoms with E-state index in [1.165, 1.54) is 13.3 Å². The normalized spacial score (nSPS) is 10.5. The molecule has 1 aromatic rings. The molecule has 0 atom stereocenters. The molecule has 6 heteroatoms. The first-order valence-corrected chi connectivity index (χ1v) is 5.45. The predicted molar refractivity (Wildman–Crippen MR) is 67.2 cm³/mol. The second-order valence-electron chi connectivity index (χ2n) is 3.37. The van der Waals surface area contributed by atoms with Crippen molar-refractivity contribution in [2.75, 3.05) is 25.7 Å². The van der Waals surface area contributed by atoms with Crippen LogP contribution < -0.4 is 10.1 Å². The summed E-state index contributed by atoms with van der Waals surface area (Å²) in [4.78, 5) is 11.3. The molecule has 0 aromatic heterocycles. The summed E-state index contributed by atoms with van der Waals surface area (Å²) in [7, 11) is 1.53. The quantitative estimate of drug-likeness (QED) is 0.483. The number of ether oxygens (including phenoxy) is 2. The highest BCUT2D eigenvalue weighted by Crippen LogP contribution is 2.16. The molecule has 0 aliphatic carbocycles. The number of alkyl halides is 1. The highest BCUT2D eigenvalue weighted by Gasteiger charge is 2.09. The number of nitrogens with zero attached hydrogens (tertiary/aromatic N) is 1. The van der Waals surface area contributed by atoms with Crippen molar-refractivity contribution < 1.29 is 18.7 Å². The van der Waals surface area contributed by atoms with Gasteiger partial charge < -0.3 is 14.8 Å². The molecule has 0 spiro atoms. The average molecular weight is 264 g/mol. The van der Waals surface area contributed by atoms with E-state index in [-0.39, 0.29) is 12.2 Å². The number of halogens is 1. The van der Waals surface area contributed by atoms with Gasteiger partial charge >= 0.3 is 5.97 Å². The minimum Gasteiger partial charge on any atom is -0.497 e. The molecule has 100 valence electrons. The van der Waals surface area contributed by atoms with Gasteiger partial charge in [0.05, 0.1) is 7.11 Å². The molecule has 0 saturated carbocycles. The van der Waals surface area contributed by atoms with Gasteiger partial charge in [-0.3, -0.25) is 0 Å². The summed E-state index contributed by atoms with van der Waals surface area (Å²) in [6, 6.07) is 8.62. The first kappa shape index (κ1) is 14.5. The fraction of sp³-hybridized carbons (Fsp3) is 0.231. The van der Waals surface area contributed by atoms with Crippen molar-refractivity contribution in [1.29, 1.82) is 5.26 Å². The number of carbonyl (C=O) groups is 1. The van der Waals surface area contributed by atoms with Crippen LogP contribution >= 0.6 is 0 Å². The molecule has 0 bridgehead atoms. The lowest BCUT2D eigenvalue weighted by atomic mass is 10.3. The van der Waals surface area contributed by atoms with Crippen LogP contribution in [0.4, 0.5) is 10.1 Å². The SMILES string of the molecule is COc1cccc(N/C=C(/C#N)C(=O)OCCF)c1. The van der Waals surface area contributed by atoms with Gasteiger partial charge in [0.15, 0.2) is 5.57 Å². The van der Waals surface area contributed by atoms with Crippen molar-refractivity contribution in [2.24, 2.45) is 0 Å². The molecule has 0 amide bonds. The van der Waals surface area contributed by atoms with Crippen LogP contribution in [-0.2, 0) is 9.53 Å². The molecule has 5 nitrogen and oxygen atoms in total. The van der Waals surface area contributed by atoms with Crippen molar-refractivity contribution in [3.63, 3.8) is 0 Å². The Kier molecular flexibility index (Phi) is 5.89. The number of rotatable bonds is 6. The van der Waals surface area contributed by atoms with Gasteiger partial charge in [-0.25, -0.2) is 9.18 Å². The van der Waals surface area contributed by atoms with Crippen molar-refractivity contribution in [2.45, 2.75) is 0 Å². The Morgan fingerprint density at radius 1 is 1.58 bits per heavy atom. The summed E-state index contributed by atoms with van der Waals surface area (Å²) >= 11 is 0. The number of nitrogens with one attached hydrogen (secondary N) is 1. The van der Waals surface area contributed by atoms with E-state index in [0.717, 1.165) is 0 Å². The summed E-state index contributed by atoms with van der Waals surface area (Å²) in [5.74, 6) is -0.229. The average Bonchev–Trinajstić information content (AvgIpc) is 2.45. The van der Waals surface area contributed by atoms with Crippen LogP contribution in [0.15, 0.2) is 36.0 Å². The molecule has 1 rings (SSSR count). The Morgan fingerprint density at radius 3 is 3.00 bits per heavy atom. The third kappa shape index (κ3) is 4.68. The van der Waals surface area contributed by atoms with Crippen molar-refractivity contribution in [3.8, 4) is 11.8 Å². The summed E-state index contributed by atoms with van der Waals surface area (Å²) in [6.07, 6.45) is 1.20. The number of benzene rings is 1. The molecule has 0 unspecified atom stereocenters. The van der Waals surface area contributed by atoms with E-state index in [1.807, 2.05) is 0 Å². The lowest BCUT2D eigenvalue weighted by Gasteiger charge is -2.05. The lowest BCUT2D eigenvalue weighted by Crippen LogP contribution is -2.10. The number of carbonyl (C=O) groups excluding carboxylic acids is 1. The van der Waals surface area contributed by atoms with Gasteiger partial charge in [-0.1, -0.05) is 6.07 Å². The van der Waals surface area contributed by atoms with E-state index in [1.54, 1.807) is 30.3 Å². The Morgan fingerprint density at radius 2 is 2.37 bits per heavy atom. The number of nitriles is 1. The third-order valence-corrected chi connectivity index (χ3v) is 2.10. The minimum absolute atomic E-state index is 0.240. The Hall–Kier alpha value is -2.55. The molecule has 0 aliphatic heterocycles. The van der Waals surface area contributed by atoms with Crippen LogP contribution in [0.25, 0.3) is 0 Å². The second-order valence-corrected chi connectivity index (χ2v) is 3.37. The Balaban J connectivity index is 2.71. The molecule has 0 aliphatic rings. The maximum Gasteiger partial charge on any atom is 0.350 e. The zero-order chi connectivity index (χ0) is 14.1. The summed E-state index contributed by atoms with van der Waals surface area (Å²) in [6.45, 7) is -1.15. The lowest BCUT2D eigenvalue weighted by molar-refractivity contribution is -0.138. The highest BCUT2D eigenvalue weighted by molar-refractivity contribution is 5.93. The van der Waals surface area contributed by atoms with E-state index < -0.39 is 12.6 Å². The van der Waals surface area contributed by atoms with E-state index >= 15 is 0 Å². The summed E-state index contributed by atoms with van der Waals surface area (Å²) in [5.41, 5.74) is 0.404. The van der Waals surface area contributed by atoms with Crippen molar-refractivity contribution in [3.05, 3.63) is 36.0 Å². The molecular weight excluding hydrogens is 251 g/mol. The van der Waals surface area contributed by atoms with E-state index in [0.29, 0.717) is 11.4 Å². The van der Waals surface area contributed by atoms with Gasteiger partial charge in [-0.05, 0) is 12.1 Å². The highest BCUT2D eigenvalue weighted by atomic mass is 19.1. The van der Waals surface area contributed by atoms with Crippen LogP contribution in [0.2, 0.25) is 0 Å². The van der Waals surface area contributed by atoms with Gasteiger partial charge in [0.2, 0.25) is 0 Å². The number of methoxy groups -OCH3 is 1. The van der Waals surface area contributed by atoms with Crippen LogP contribution in [0, 0.1) is 11.3 Å². The van der Waals surface area contributed by atoms with Gasteiger partial charge in [-0.15, -0.1) is 0 Å². The monoisotopic (exact) mass is 264 g/mol. The van der Waals surface area contributed by atoms with Crippen LogP contribution in [0.5, 0.6) is 5.75 Å². The minimum atomic E-state index is -0.865. The zero-order valence-electron chi connectivity index (χ0n) is 10.4. The van der Waals surface area contributed by atoms with E-state index in [2.05, 4.69) is 10.1 Å². The molecular formula is C13H13FN2O3. The molecule has 0 fully saturated rings. The number of esters is 1. The second kappa shape index (κ2) is 7.71. The van der Waals surface area contributed by atoms with Crippen molar-refractivity contribution >= 4 is 11.7 Å². The maximum atomic E-state index is 11.8. The van der Waals surface area contributed by atoms with Crippen LogP contribution in [0.3, 0.4) is 0 Å². The molecule has 0 heterocycles. The third-order valence-electron chi connectivity index (χ3n) is 2.10. The summed E-state index contributed by atoms with van der Waals surface area (Å²) in [5, 5.41) is 11.6. The number of hydrogen-bond donors (Lipinski definition) is 1. The summed E-state index contributed by atoms with van der Waals surface area (Å²) < 4.78 is 21.4. The smallest absolute Gasteiger partial charge is 0.350 e. The molecule has 1 N–H and O–H groups in total. The number of hydrogen-bond acceptors (Lipinski definition) is 5. The van der Waals surface area contributed by atoms with Gasteiger partial charge in [0.25, 0.3) is 0 Å². The topological polar surface area (TPSA) is 71.3 Å². The maximum absolute atomic E-state index is 11.8. The van der Waals surface area contributed by atoms with Crippen LogP contribution in [0.1, 0.15) is 0 Å². The van der Waals surface area contributed by atoms with E-state index in [4.69, 9.17) is 10.00 Å². The van der Waals surface area contributed by atoms with Crippen molar-refractivity contribution in [1.82, 2.24) is 0 Å². The molecule has 0 radical (unpaired) electrons. The molecule has 1 aromatic carbocycles. The number of anilines is 1. The fourth-order valence-electron chi connectivity index (χ4n) is 1.21. The van der Waals surface area contributed by atoms with Crippen LogP contribution in [-0.4, -0.2) is 26.4 Å². The standard InChI is InChI=1S/C13H13FN2O3/c1-18-12-4-2-3-11(7-12)16-9-10(8-15)13(17)19-6-5-14/h2-4,7,9,16H,5-6H2,1H3/b10-9-.